The van der Waals surface area contributed by atoms with Crippen molar-refractivity contribution in [2.24, 2.45) is 5.73 Å². The number of thiophene rings is 1. The highest BCUT2D eigenvalue weighted by Crippen LogP contribution is 2.22. The van der Waals surface area contributed by atoms with Gasteiger partial charge < -0.3 is 10.6 Å². The maximum atomic E-state index is 5.74. The number of nitrogens with zero attached hydrogens (tertiary/aromatic N) is 3. The van der Waals surface area contributed by atoms with Gasteiger partial charge in [-0.2, -0.15) is 0 Å². The van der Waals surface area contributed by atoms with Gasteiger partial charge in [-0.3, -0.25) is 4.98 Å². The quantitative estimate of drug-likeness (QED) is 0.899. The minimum atomic E-state index is 0.356. The van der Waals surface area contributed by atoms with Crippen molar-refractivity contribution < 1.29 is 0 Å². The number of anilines is 1. The van der Waals surface area contributed by atoms with Gasteiger partial charge in [0.25, 0.3) is 0 Å². The predicted octanol–water partition coefficient (Wildman–Crippen LogP) is 2.41. The SMILES string of the molecule is CC(C)N(Cc1cccs1)c1nccnc1CN. The number of hydrogen-bond donors (Lipinski definition) is 1. The van der Waals surface area contributed by atoms with Gasteiger partial charge in [0.05, 0.1) is 12.2 Å². The van der Waals surface area contributed by atoms with Crippen LogP contribution in [0.15, 0.2) is 29.9 Å². The molecule has 2 rings (SSSR count). The average molecular weight is 262 g/mol. The molecule has 18 heavy (non-hydrogen) atoms. The van der Waals surface area contributed by atoms with E-state index in [4.69, 9.17) is 5.73 Å². The van der Waals surface area contributed by atoms with Crippen molar-refractivity contribution in [2.45, 2.75) is 33.0 Å². The molecule has 96 valence electrons. The third kappa shape index (κ3) is 2.86. The van der Waals surface area contributed by atoms with Crippen LogP contribution in [-0.2, 0) is 13.1 Å². The molecule has 0 aliphatic heterocycles. The highest BCUT2D eigenvalue weighted by atomic mass is 32.1. The molecule has 2 heterocycles. The van der Waals surface area contributed by atoms with Crippen LogP contribution in [0.2, 0.25) is 0 Å². The summed E-state index contributed by atoms with van der Waals surface area (Å²) < 4.78 is 0. The topological polar surface area (TPSA) is 55.0 Å². The molecule has 5 heteroatoms. The van der Waals surface area contributed by atoms with Gasteiger partial charge in [-0.05, 0) is 25.3 Å². The minimum Gasteiger partial charge on any atom is -0.347 e. The number of rotatable bonds is 5. The van der Waals surface area contributed by atoms with E-state index in [2.05, 4.69) is 46.2 Å². The van der Waals surface area contributed by atoms with Crippen molar-refractivity contribution >= 4 is 17.2 Å². The van der Waals surface area contributed by atoms with E-state index >= 15 is 0 Å². The third-order valence-corrected chi connectivity index (χ3v) is 3.61. The Kier molecular flexibility index (Phi) is 4.28. The average Bonchev–Trinajstić information content (AvgIpc) is 2.88. The summed E-state index contributed by atoms with van der Waals surface area (Å²) in [6.45, 7) is 5.57. The van der Waals surface area contributed by atoms with E-state index in [1.165, 1.54) is 4.88 Å². The zero-order chi connectivity index (χ0) is 13.0. The lowest BCUT2D eigenvalue weighted by Gasteiger charge is -2.28. The van der Waals surface area contributed by atoms with E-state index < -0.39 is 0 Å². The molecule has 0 amide bonds. The van der Waals surface area contributed by atoms with Gasteiger partial charge in [0.2, 0.25) is 0 Å². The molecule has 2 aromatic heterocycles. The van der Waals surface area contributed by atoms with Crippen molar-refractivity contribution in [3.05, 3.63) is 40.5 Å². The van der Waals surface area contributed by atoms with Crippen molar-refractivity contribution in [1.29, 1.82) is 0 Å². The highest BCUT2D eigenvalue weighted by Gasteiger charge is 2.16. The molecule has 4 nitrogen and oxygen atoms in total. The van der Waals surface area contributed by atoms with E-state index in [1.54, 1.807) is 23.7 Å². The second-order valence-electron chi connectivity index (χ2n) is 4.33. The molecule has 0 fully saturated rings. The van der Waals surface area contributed by atoms with Crippen molar-refractivity contribution in [3.63, 3.8) is 0 Å². The Hall–Kier alpha value is -1.46. The monoisotopic (exact) mass is 262 g/mol. The molecule has 0 saturated carbocycles. The van der Waals surface area contributed by atoms with Crippen molar-refractivity contribution in [3.8, 4) is 0 Å². The van der Waals surface area contributed by atoms with Crippen LogP contribution in [0.5, 0.6) is 0 Å². The second-order valence-corrected chi connectivity index (χ2v) is 5.36. The van der Waals surface area contributed by atoms with Gasteiger partial charge in [-0.15, -0.1) is 11.3 Å². The Morgan fingerprint density at radius 1 is 1.33 bits per heavy atom. The smallest absolute Gasteiger partial charge is 0.152 e. The fourth-order valence-corrected chi connectivity index (χ4v) is 2.52. The van der Waals surface area contributed by atoms with Crippen molar-refractivity contribution in [1.82, 2.24) is 9.97 Å². The Bertz CT molecular complexity index is 481. The molecular weight excluding hydrogens is 244 g/mol. The van der Waals surface area contributed by atoms with Crippen molar-refractivity contribution in [2.75, 3.05) is 4.90 Å². The van der Waals surface area contributed by atoms with E-state index in [9.17, 15) is 0 Å². The van der Waals surface area contributed by atoms with Crippen LogP contribution in [0, 0.1) is 0 Å². The first-order chi connectivity index (χ1) is 8.72. The first-order valence-electron chi connectivity index (χ1n) is 6.01. The normalized spacial score (nSPS) is 10.9. The molecular formula is C13H18N4S. The first kappa shape index (κ1) is 13.0. The van der Waals surface area contributed by atoms with Gasteiger partial charge in [-0.25, -0.2) is 4.98 Å². The van der Waals surface area contributed by atoms with E-state index in [1.807, 2.05) is 0 Å². The van der Waals surface area contributed by atoms with Crippen LogP contribution < -0.4 is 10.6 Å². The van der Waals surface area contributed by atoms with Crippen LogP contribution in [-0.4, -0.2) is 16.0 Å². The lowest BCUT2D eigenvalue weighted by atomic mass is 10.2. The van der Waals surface area contributed by atoms with Crippen LogP contribution in [0.25, 0.3) is 0 Å². The molecule has 0 aliphatic rings. The predicted molar refractivity (Wildman–Crippen MR) is 75.6 cm³/mol. The summed E-state index contributed by atoms with van der Waals surface area (Å²) in [7, 11) is 0. The van der Waals surface area contributed by atoms with E-state index in [0.29, 0.717) is 12.6 Å². The number of nitrogens with two attached hydrogens (primary N) is 1. The van der Waals surface area contributed by atoms with Gasteiger partial charge in [-0.1, -0.05) is 6.07 Å². The largest absolute Gasteiger partial charge is 0.347 e. The Morgan fingerprint density at radius 3 is 2.72 bits per heavy atom. The Balaban J connectivity index is 2.29. The number of hydrogen-bond acceptors (Lipinski definition) is 5. The van der Waals surface area contributed by atoms with E-state index in [-0.39, 0.29) is 0 Å². The summed E-state index contributed by atoms with van der Waals surface area (Å²) in [6.07, 6.45) is 3.41. The molecule has 0 saturated heterocycles. The molecule has 0 unspecified atom stereocenters. The molecule has 2 aromatic rings. The standard InChI is InChI=1S/C13H18N4S/c1-10(2)17(9-11-4-3-7-18-11)13-12(8-14)15-5-6-16-13/h3-7,10H,8-9,14H2,1-2H3. The summed E-state index contributed by atoms with van der Waals surface area (Å²) in [6, 6.07) is 4.56. The summed E-state index contributed by atoms with van der Waals surface area (Å²) in [5, 5.41) is 2.09. The second kappa shape index (κ2) is 5.93. The van der Waals surface area contributed by atoms with Crippen LogP contribution in [0.3, 0.4) is 0 Å². The molecule has 0 atom stereocenters. The summed E-state index contributed by atoms with van der Waals surface area (Å²) >= 11 is 1.76. The Morgan fingerprint density at radius 2 is 2.11 bits per heavy atom. The zero-order valence-corrected chi connectivity index (χ0v) is 11.5. The van der Waals surface area contributed by atoms with Gasteiger partial charge in [0.15, 0.2) is 5.82 Å². The van der Waals surface area contributed by atoms with E-state index in [0.717, 1.165) is 18.1 Å². The lowest BCUT2D eigenvalue weighted by molar-refractivity contribution is 0.668. The van der Waals surface area contributed by atoms with Crippen LogP contribution in [0.4, 0.5) is 5.82 Å². The van der Waals surface area contributed by atoms with Gasteiger partial charge >= 0.3 is 0 Å². The lowest BCUT2D eigenvalue weighted by Crippen LogP contribution is -2.32. The third-order valence-electron chi connectivity index (χ3n) is 2.75. The molecule has 2 N–H and O–H groups in total. The summed E-state index contributed by atoms with van der Waals surface area (Å²) in [4.78, 5) is 12.3. The molecule has 0 spiro atoms. The molecule has 0 aliphatic carbocycles. The maximum absolute atomic E-state index is 5.74. The van der Waals surface area contributed by atoms with Crippen LogP contribution >= 0.6 is 11.3 Å². The zero-order valence-electron chi connectivity index (χ0n) is 10.7. The Labute approximate surface area is 111 Å². The van der Waals surface area contributed by atoms with Crippen LogP contribution in [0.1, 0.15) is 24.4 Å². The van der Waals surface area contributed by atoms with Gasteiger partial charge in [0, 0.05) is 29.9 Å². The molecule has 0 aromatic carbocycles. The highest BCUT2D eigenvalue weighted by molar-refractivity contribution is 7.09. The number of aromatic nitrogens is 2. The minimum absolute atomic E-state index is 0.356. The molecule has 0 bridgehead atoms. The first-order valence-corrected chi connectivity index (χ1v) is 6.89. The maximum Gasteiger partial charge on any atom is 0.152 e. The molecule has 0 radical (unpaired) electrons. The summed E-state index contributed by atoms with van der Waals surface area (Å²) in [5.74, 6) is 0.892. The summed E-state index contributed by atoms with van der Waals surface area (Å²) in [5.41, 5.74) is 6.59. The fourth-order valence-electron chi connectivity index (χ4n) is 1.82. The van der Waals surface area contributed by atoms with Gasteiger partial charge in [0.1, 0.15) is 0 Å². The fraction of sp³-hybridized carbons (Fsp3) is 0.385.